The van der Waals surface area contributed by atoms with Crippen LogP contribution in [0.15, 0.2) is 53.0 Å². The minimum Gasteiger partial charge on any atom is -0.384 e. The molecule has 1 atom stereocenters. The number of rotatable bonds is 2. The zero-order valence-electron chi connectivity index (χ0n) is 9.66. The predicted molar refractivity (Wildman–Crippen MR) is 69.6 cm³/mol. The molecule has 0 aromatic heterocycles. The summed E-state index contributed by atoms with van der Waals surface area (Å²) in [6.07, 6.45) is -5.79. The van der Waals surface area contributed by atoms with Gasteiger partial charge in [-0.1, -0.05) is 46.3 Å². The first-order valence-corrected chi connectivity index (χ1v) is 6.28. The third kappa shape index (κ3) is 3.16. The molecular formula is C14H10BrF3O. The Bertz CT molecular complexity index is 581. The zero-order valence-corrected chi connectivity index (χ0v) is 11.2. The highest BCUT2D eigenvalue weighted by Gasteiger charge is 2.34. The van der Waals surface area contributed by atoms with E-state index in [1.54, 1.807) is 24.3 Å². The van der Waals surface area contributed by atoms with Crippen molar-refractivity contribution in [2.45, 2.75) is 12.3 Å². The summed E-state index contributed by atoms with van der Waals surface area (Å²) in [6, 6.07) is 11.6. The van der Waals surface area contributed by atoms with Gasteiger partial charge in [0.1, 0.15) is 6.10 Å². The summed E-state index contributed by atoms with van der Waals surface area (Å²) in [5, 5.41) is 10.1. The summed E-state index contributed by atoms with van der Waals surface area (Å²) in [4.78, 5) is 0. The molecule has 0 radical (unpaired) electrons. The fourth-order valence-corrected chi connectivity index (χ4v) is 2.27. The fraction of sp³-hybridized carbons (Fsp3) is 0.143. The van der Waals surface area contributed by atoms with Gasteiger partial charge in [0.2, 0.25) is 0 Å². The Hall–Kier alpha value is -1.33. The van der Waals surface area contributed by atoms with Crippen molar-refractivity contribution in [1.82, 2.24) is 0 Å². The van der Waals surface area contributed by atoms with E-state index >= 15 is 0 Å². The number of halogens is 4. The maximum atomic E-state index is 12.9. The number of aliphatic hydroxyl groups is 1. The molecule has 0 aliphatic carbocycles. The first-order valence-electron chi connectivity index (χ1n) is 5.49. The van der Waals surface area contributed by atoms with Gasteiger partial charge in [0.25, 0.3) is 0 Å². The van der Waals surface area contributed by atoms with E-state index in [0.29, 0.717) is 10.0 Å². The Morgan fingerprint density at radius 3 is 2.32 bits per heavy atom. The highest BCUT2D eigenvalue weighted by molar-refractivity contribution is 9.10. The summed E-state index contributed by atoms with van der Waals surface area (Å²) in [5.74, 6) is 0. The second-order valence-electron chi connectivity index (χ2n) is 4.04. The van der Waals surface area contributed by atoms with Crippen LogP contribution in [-0.2, 0) is 6.18 Å². The van der Waals surface area contributed by atoms with Crippen molar-refractivity contribution in [3.8, 4) is 0 Å². The van der Waals surface area contributed by atoms with Crippen LogP contribution in [0.1, 0.15) is 22.8 Å². The molecule has 19 heavy (non-hydrogen) atoms. The molecule has 0 amide bonds. The molecule has 0 heterocycles. The average Bonchev–Trinajstić information content (AvgIpc) is 2.37. The van der Waals surface area contributed by atoms with Crippen molar-refractivity contribution in [3.05, 3.63) is 69.7 Å². The van der Waals surface area contributed by atoms with Gasteiger partial charge in [-0.15, -0.1) is 0 Å². The molecule has 5 heteroatoms. The number of aliphatic hydroxyl groups excluding tert-OH is 1. The van der Waals surface area contributed by atoms with Crippen LogP contribution in [0.25, 0.3) is 0 Å². The molecule has 2 rings (SSSR count). The minimum absolute atomic E-state index is 0.145. The summed E-state index contributed by atoms with van der Waals surface area (Å²) < 4.78 is 39.4. The van der Waals surface area contributed by atoms with E-state index < -0.39 is 17.8 Å². The van der Waals surface area contributed by atoms with E-state index in [9.17, 15) is 18.3 Å². The van der Waals surface area contributed by atoms with Gasteiger partial charge in [-0.3, -0.25) is 0 Å². The highest BCUT2D eigenvalue weighted by Crippen LogP contribution is 2.36. The van der Waals surface area contributed by atoms with Gasteiger partial charge >= 0.3 is 6.18 Å². The molecule has 0 aliphatic rings. The Labute approximate surface area is 116 Å². The van der Waals surface area contributed by atoms with E-state index in [1.165, 1.54) is 18.2 Å². The van der Waals surface area contributed by atoms with E-state index in [-0.39, 0.29) is 5.56 Å². The number of benzene rings is 2. The van der Waals surface area contributed by atoms with Gasteiger partial charge in [0.15, 0.2) is 0 Å². The maximum absolute atomic E-state index is 12.9. The molecule has 1 unspecified atom stereocenters. The topological polar surface area (TPSA) is 20.2 Å². The lowest BCUT2D eigenvalue weighted by Gasteiger charge is -2.17. The van der Waals surface area contributed by atoms with Crippen LogP contribution in [0, 0.1) is 0 Å². The average molecular weight is 331 g/mol. The van der Waals surface area contributed by atoms with Crippen LogP contribution in [-0.4, -0.2) is 5.11 Å². The van der Waals surface area contributed by atoms with E-state index in [0.717, 1.165) is 6.07 Å². The molecule has 0 aliphatic heterocycles. The fourth-order valence-electron chi connectivity index (χ4n) is 1.85. The first kappa shape index (κ1) is 14.1. The van der Waals surface area contributed by atoms with Crippen LogP contribution in [0.5, 0.6) is 0 Å². The standard InChI is InChI=1S/C14H10BrF3O/c15-10-5-3-4-9(8-10)13(19)11-6-1-2-7-12(11)14(16,17)18/h1-8,13,19H. The summed E-state index contributed by atoms with van der Waals surface area (Å²) in [5.41, 5.74) is -0.554. The number of alkyl halides is 3. The molecule has 1 N–H and O–H groups in total. The van der Waals surface area contributed by atoms with Crippen LogP contribution < -0.4 is 0 Å². The Balaban J connectivity index is 2.48. The third-order valence-corrected chi connectivity index (χ3v) is 3.22. The van der Waals surface area contributed by atoms with Crippen molar-refractivity contribution in [1.29, 1.82) is 0 Å². The monoisotopic (exact) mass is 330 g/mol. The van der Waals surface area contributed by atoms with Crippen molar-refractivity contribution in [2.75, 3.05) is 0 Å². The SMILES string of the molecule is OC(c1cccc(Br)c1)c1ccccc1C(F)(F)F. The molecule has 0 saturated carbocycles. The molecule has 0 spiro atoms. The molecule has 0 saturated heterocycles. The lowest BCUT2D eigenvalue weighted by molar-refractivity contribution is -0.139. The lowest BCUT2D eigenvalue weighted by atomic mass is 9.96. The van der Waals surface area contributed by atoms with Gasteiger partial charge in [0, 0.05) is 4.47 Å². The van der Waals surface area contributed by atoms with E-state index in [1.807, 2.05) is 0 Å². The van der Waals surface area contributed by atoms with Crippen molar-refractivity contribution < 1.29 is 18.3 Å². The predicted octanol–water partition coefficient (Wildman–Crippen LogP) is 4.55. The van der Waals surface area contributed by atoms with Gasteiger partial charge in [-0.25, -0.2) is 0 Å². The molecule has 0 fully saturated rings. The summed E-state index contributed by atoms with van der Waals surface area (Å²) >= 11 is 3.23. The normalized spacial score (nSPS) is 13.3. The Morgan fingerprint density at radius 1 is 1.00 bits per heavy atom. The first-order chi connectivity index (χ1) is 8.89. The third-order valence-electron chi connectivity index (χ3n) is 2.73. The smallest absolute Gasteiger partial charge is 0.384 e. The number of hydrogen-bond donors (Lipinski definition) is 1. The molecule has 2 aromatic rings. The second-order valence-corrected chi connectivity index (χ2v) is 4.96. The van der Waals surface area contributed by atoms with E-state index in [4.69, 9.17) is 0 Å². The molecule has 1 nitrogen and oxygen atoms in total. The second kappa shape index (κ2) is 5.35. The van der Waals surface area contributed by atoms with Crippen molar-refractivity contribution >= 4 is 15.9 Å². The molecule has 2 aromatic carbocycles. The zero-order chi connectivity index (χ0) is 14.0. The number of hydrogen-bond acceptors (Lipinski definition) is 1. The molecule has 0 bridgehead atoms. The Morgan fingerprint density at radius 2 is 1.68 bits per heavy atom. The maximum Gasteiger partial charge on any atom is 0.416 e. The molecule has 100 valence electrons. The van der Waals surface area contributed by atoms with Crippen LogP contribution >= 0.6 is 15.9 Å². The van der Waals surface area contributed by atoms with Crippen LogP contribution in [0.4, 0.5) is 13.2 Å². The Kier molecular flexibility index (Phi) is 3.96. The highest BCUT2D eigenvalue weighted by atomic mass is 79.9. The van der Waals surface area contributed by atoms with Crippen LogP contribution in [0.2, 0.25) is 0 Å². The molecular weight excluding hydrogens is 321 g/mol. The van der Waals surface area contributed by atoms with Gasteiger partial charge in [0.05, 0.1) is 5.56 Å². The van der Waals surface area contributed by atoms with Gasteiger partial charge in [-0.05, 0) is 29.3 Å². The van der Waals surface area contributed by atoms with Crippen LogP contribution in [0.3, 0.4) is 0 Å². The van der Waals surface area contributed by atoms with Crippen molar-refractivity contribution in [2.24, 2.45) is 0 Å². The quantitative estimate of drug-likeness (QED) is 0.856. The van der Waals surface area contributed by atoms with E-state index in [2.05, 4.69) is 15.9 Å². The summed E-state index contributed by atoms with van der Waals surface area (Å²) in [6.45, 7) is 0. The van der Waals surface area contributed by atoms with Gasteiger partial charge < -0.3 is 5.11 Å². The largest absolute Gasteiger partial charge is 0.416 e. The summed E-state index contributed by atoms with van der Waals surface area (Å²) in [7, 11) is 0. The lowest BCUT2D eigenvalue weighted by Crippen LogP contribution is -2.12. The van der Waals surface area contributed by atoms with Crippen molar-refractivity contribution in [3.63, 3.8) is 0 Å². The van der Waals surface area contributed by atoms with Gasteiger partial charge in [-0.2, -0.15) is 13.2 Å². The minimum atomic E-state index is -4.48.